The van der Waals surface area contributed by atoms with Gasteiger partial charge in [-0.25, -0.2) is 0 Å². The molecule has 1 saturated heterocycles. The lowest BCUT2D eigenvalue weighted by Gasteiger charge is -2.05. The Hall–Kier alpha value is -0.410. The lowest BCUT2D eigenvalue weighted by Crippen LogP contribution is -2.09. The van der Waals surface area contributed by atoms with Crippen molar-refractivity contribution in [2.24, 2.45) is 0 Å². The molecule has 66 valence electrons. The molecule has 0 aromatic carbocycles. The Morgan fingerprint density at radius 3 is 3.17 bits per heavy atom. The van der Waals surface area contributed by atoms with Gasteiger partial charge in [0.2, 0.25) is 0 Å². The molecule has 1 aliphatic heterocycles. The summed E-state index contributed by atoms with van der Waals surface area (Å²) in [6.07, 6.45) is 3.04. The minimum absolute atomic E-state index is 0.737. The average molecular weight is 183 g/mol. The van der Waals surface area contributed by atoms with Crippen LogP contribution in [0.3, 0.4) is 0 Å². The smallest absolute Gasteiger partial charge is 0.114 e. The van der Waals surface area contributed by atoms with E-state index in [9.17, 15) is 0 Å². The SMILES string of the molecule is Cc1occc1SC1CCNC1. The first kappa shape index (κ1) is 8.20. The largest absolute Gasteiger partial charge is 0.468 e. The van der Waals surface area contributed by atoms with Crippen molar-refractivity contribution in [2.75, 3.05) is 13.1 Å². The maximum atomic E-state index is 5.23. The van der Waals surface area contributed by atoms with Gasteiger partial charge in [-0.1, -0.05) is 0 Å². The van der Waals surface area contributed by atoms with Gasteiger partial charge in [0, 0.05) is 16.7 Å². The minimum atomic E-state index is 0.737. The lowest BCUT2D eigenvalue weighted by atomic mass is 10.4. The van der Waals surface area contributed by atoms with Crippen LogP contribution >= 0.6 is 11.8 Å². The molecule has 1 aromatic heterocycles. The summed E-state index contributed by atoms with van der Waals surface area (Å²) in [4.78, 5) is 1.30. The van der Waals surface area contributed by atoms with Gasteiger partial charge in [0.15, 0.2) is 0 Å². The fourth-order valence-electron chi connectivity index (χ4n) is 1.40. The van der Waals surface area contributed by atoms with Gasteiger partial charge in [-0.3, -0.25) is 0 Å². The van der Waals surface area contributed by atoms with Gasteiger partial charge < -0.3 is 9.73 Å². The first-order valence-electron chi connectivity index (χ1n) is 4.28. The standard InChI is InChI=1S/C9H13NOS/c1-7-9(3-5-11-7)12-8-2-4-10-6-8/h3,5,8,10H,2,4,6H2,1H3. The third-order valence-corrected chi connectivity index (χ3v) is 3.53. The third kappa shape index (κ3) is 1.67. The van der Waals surface area contributed by atoms with E-state index >= 15 is 0 Å². The molecule has 1 unspecified atom stereocenters. The van der Waals surface area contributed by atoms with Gasteiger partial charge >= 0.3 is 0 Å². The van der Waals surface area contributed by atoms with Crippen LogP contribution in [-0.2, 0) is 0 Å². The second kappa shape index (κ2) is 3.54. The Labute approximate surface area is 76.7 Å². The normalized spacial score (nSPS) is 23.2. The van der Waals surface area contributed by atoms with Crippen LogP contribution in [0.5, 0.6) is 0 Å². The molecule has 0 bridgehead atoms. The molecular weight excluding hydrogens is 170 g/mol. The molecule has 0 aliphatic carbocycles. The number of rotatable bonds is 2. The highest BCUT2D eigenvalue weighted by Crippen LogP contribution is 2.29. The Morgan fingerprint density at radius 1 is 1.67 bits per heavy atom. The summed E-state index contributed by atoms with van der Waals surface area (Å²) >= 11 is 1.93. The molecular formula is C9H13NOS. The van der Waals surface area contributed by atoms with E-state index in [4.69, 9.17) is 4.42 Å². The van der Waals surface area contributed by atoms with Crippen molar-refractivity contribution in [3.8, 4) is 0 Å². The zero-order valence-electron chi connectivity index (χ0n) is 7.17. The van der Waals surface area contributed by atoms with Crippen LogP contribution in [-0.4, -0.2) is 18.3 Å². The van der Waals surface area contributed by atoms with Crippen molar-refractivity contribution < 1.29 is 4.42 Å². The maximum Gasteiger partial charge on any atom is 0.114 e. The van der Waals surface area contributed by atoms with E-state index in [-0.39, 0.29) is 0 Å². The van der Waals surface area contributed by atoms with Crippen LogP contribution < -0.4 is 5.32 Å². The Balaban J connectivity index is 1.98. The Morgan fingerprint density at radius 2 is 2.58 bits per heavy atom. The van der Waals surface area contributed by atoms with Crippen molar-refractivity contribution in [3.05, 3.63) is 18.1 Å². The van der Waals surface area contributed by atoms with Crippen LogP contribution in [0.15, 0.2) is 21.6 Å². The van der Waals surface area contributed by atoms with E-state index in [1.165, 1.54) is 11.3 Å². The zero-order valence-corrected chi connectivity index (χ0v) is 7.99. The predicted molar refractivity (Wildman–Crippen MR) is 50.6 cm³/mol. The molecule has 1 fully saturated rings. The van der Waals surface area contributed by atoms with Crippen molar-refractivity contribution in [2.45, 2.75) is 23.5 Å². The molecule has 3 heteroatoms. The molecule has 2 heterocycles. The van der Waals surface area contributed by atoms with Gasteiger partial charge in [0.25, 0.3) is 0 Å². The average Bonchev–Trinajstić information content (AvgIpc) is 2.65. The summed E-state index contributed by atoms with van der Waals surface area (Å²) in [6, 6.07) is 2.05. The van der Waals surface area contributed by atoms with Crippen LogP contribution in [0.25, 0.3) is 0 Å². The first-order chi connectivity index (χ1) is 5.86. The van der Waals surface area contributed by atoms with E-state index in [2.05, 4.69) is 11.4 Å². The van der Waals surface area contributed by atoms with Crippen molar-refractivity contribution in [1.29, 1.82) is 0 Å². The fourth-order valence-corrected chi connectivity index (χ4v) is 2.55. The van der Waals surface area contributed by atoms with Crippen LogP contribution in [0, 0.1) is 6.92 Å². The highest BCUT2D eigenvalue weighted by molar-refractivity contribution is 8.00. The molecule has 0 spiro atoms. The highest BCUT2D eigenvalue weighted by atomic mass is 32.2. The second-order valence-corrected chi connectivity index (χ2v) is 4.42. The van der Waals surface area contributed by atoms with Gasteiger partial charge in [-0.05, 0) is 26.0 Å². The Kier molecular flexibility index (Phi) is 2.42. The number of hydrogen-bond donors (Lipinski definition) is 1. The molecule has 2 nitrogen and oxygen atoms in total. The Bertz CT molecular complexity index is 253. The van der Waals surface area contributed by atoms with Gasteiger partial charge in [-0.15, -0.1) is 11.8 Å². The van der Waals surface area contributed by atoms with Crippen LogP contribution in [0.2, 0.25) is 0 Å². The molecule has 2 rings (SSSR count). The summed E-state index contributed by atoms with van der Waals surface area (Å²) in [5, 5.41) is 4.09. The molecule has 1 aliphatic rings. The molecule has 0 amide bonds. The summed E-state index contributed by atoms with van der Waals surface area (Å²) in [5.41, 5.74) is 0. The van der Waals surface area contributed by atoms with E-state index < -0.39 is 0 Å². The van der Waals surface area contributed by atoms with E-state index in [0.29, 0.717) is 0 Å². The summed E-state index contributed by atoms with van der Waals surface area (Å²) in [5.74, 6) is 1.05. The van der Waals surface area contributed by atoms with Gasteiger partial charge in [0.05, 0.1) is 6.26 Å². The molecule has 1 aromatic rings. The molecule has 1 N–H and O–H groups in total. The minimum Gasteiger partial charge on any atom is -0.468 e. The lowest BCUT2D eigenvalue weighted by molar-refractivity contribution is 0.526. The van der Waals surface area contributed by atoms with E-state index in [1.54, 1.807) is 6.26 Å². The maximum absolute atomic E-state index is 5.23. The van der Waals surface area contributed by atoms with Crippen molar-refractivity contribution >= 4 is 11.8 Å². The quantitative estimate of drug-likeness (QED) is 0.759. The van der Waals surface area contributed by atoms with Gasteiger partial charge in [0.1, 0.15) is 5.76 Å². The number of nitrogens with one attached hydrogen (secondary N) is 1. The number of thioether (sulfide) groups is 1. The zero-order chi connectivity index (χ0) is 8.39. The highest BCUT2D eigenvalue weighted by Gasteiger charge is 2.16. The van der Waals surface area contributed by atoms with Crippen LogP contribution in [0.4, 0.5) is 0 Å². The first-order valence-corrected chi connectivity index (χ1v) is 5.15. The summed E-state index contributed by atoms with van der Waals surface area (Å²) < 4.78 is 5.23. The summed E-state index contributed by atoms with van der Waals surface area (Å²) in [7, 11) is 0. The predicted octanol–water partition coefficient (Wildman–Crippen LogP) is 2.04. The third-order valence-electron chi connectivity index (χ3n) is 2.12. The number of aryl methyl sites for hydroxylation is 1. The molecule has 0 radical (unpaired) electrons. The topological polar surface area (TPSA) is 25.2 Å². The number of hydrogen-bond acceptors (Lipinski definition) is 3. The van der Waals surface area contributed by atoms with E-state index in [1.807, 2.05) is 18.7 Å². The van der Waals surface area contributed by atoms with Crippen molar-refractivity contribution in [3.63, 3.8) is 0 Å². The summed E-state index contributed by atoms with van der Waals surface area (Å²) in [6.45, 7) is 4.31. The monoisotopic (exact) mass is 183 g/mol. The fraction of sp³-hybridized carbons (Fsp3) is 0.556. The molecule has 1 atom stereocenters. The van der Waals surface area contributed by atoms with Crippen molar-refractivity contribution in [1.82, 2.24) is 5.32 Å². The molecule has 0 saturated carbocycles. The van der Waals surface area contributed by atoms with Crippen LogP contribution in [0.1, 0.15) is 12.2 Å². The van der Waals surface area contributed by atoms with E-state index in [0.717, 1.165) is 24.1 Å². The molecule has 12 heavy (non-hydrogen) atoms. The second-order valence-electron chi connectivity index (χ2n) is 3.07. The van der Waals surface area contributed by atoms with Gasteiger partial charge in [-0.2, -0.15) is 0 Å². The number of furan rings is 1.